The van der Waals surface area contributed by atoms with E-state index in [1.165, 1.54) is 12.4 Å². The zero-order chi connectivity index (χ0) is 25.8. The molecule has 7 rings (SSSR count). The van der Waals surface area contributed by atoms with Gasteiger partial charge in [-0.1, -0.05) is 12.1 Å². The van der Waals surface area contributed by atoms with Gasteiger partial charge in [-0.15, -0.1) is 10.2 Å². The Balaban J connectivity index is 1.15. The number of aromatic nitrogens is 6. The van der Waals surface area contributed by atoms with E-state index in [2.05, 4.69) is 25.3 Å². The molecule has 1 amide bonds. The van der Waals surface area contributed by atoms with Gasteiger partial charge in [-0.25, -0.2) is 14.4 Å². The number of rotatable bonds is 4. The number of fused-ring (bicyclic) bond motifs is 3. The molecule has 1 aromatic carbocycles. The van der Waals surface area contributed by atoms with Crippen LogP contribution in [-0.2, 0) is 0 Å². The van der Waals surface area contributed by atoms with Crippen molar-refractivity contribution >= 4 is 35.1 Å². The summed E-state index contributed by atoms with van der Waals surface area (Å²) >= 11 is 0. The molecule has 2 bridgehead atoms. The number of hydrogen-bond acceptors (Lipinski definition) is 8. The van der Waals surface area contributed by atoms with Gasteiger partial charge < -0.3 is 20.5 Å². The summed E-state index contributed by atoms with van der Waals surface area (Å²) in [5.74, 6) is 0.552. The van der Waals surface area contributed by atoms with Crippen molar-refractivity contribution in [2.24, 2.45) is 4.99 Å². The van der Waals surface area contributed by atoms with Crippen molar-refractivity contribution in [3.05, 3.63) is 71.8 Å². The van der Waals surface area contributed by atoms with E-state index in [4.69, 9.17) is 10.7 Å². The highest BCUT2D eigenvalue weighted by Gasteiger charge is 2.45. The third-order valence-electron chi connectivity index (χ3n) is 7.78. The number of nitrogen functional groups attached to an aromatic ring is 1. The number of piperidine rings is 1. The molecule has 3 aliphatic heterocycles. The van der Waals surface area contributed by atoms with Crippen LogP contribution in [0.3, 0.4) is 0 Å². The molecule has 2 fully saturated rings. The molecule has 0 aliphatic carbocycles. The number of carbonyl (C=O) groups is 1. The molecule has 0 unspecified atom stereocenters. The first-order chi connectivity index (χ1) is 18.6. The zero-order valence-electron chi connectivity index (χ0n) is 20.4. The summed E-state index contributed by atoms with van der Waals surface area (Å²) in [6.07, 6.45) is 10.2. The van der Waals surface area contributed by atoms with Gasteiger partial charge in [0.2, 0.25) is 5.82 Å². The van der Waals surface area contributed by atoms with Crippen LogP contribution < -0.4 is 10.6 Å². The number of H-pyrrole nitrogens is 1. The maximum atomic E-state index is 14.2. The fourth-order valence-electron chi connectivity index (χ4n) is 6.01. The Morgan fingerprint density at radius 2 is 1.97 bits per heavy atom. The normalized spacial score (nSPS) is 22.8. The van der Waals surface area contributed by atoms with Gasteiger partial charge in [0.25, 0.3) is 5.91 Å². The van der Waals surface area contributed by atoms with E-state index < -0.39 is 0 Å². The van der Waals surface area contributed by atoms with Crippen LogP contribution in [0.25, 0.3) is 11.3 Å². The lowest BCUT2D eigenvalue weighted by Crippen LogP contribution is -2.46. The Morgan fingerprint density at radius 1 is 1.16 bits per heavy atom. The molecule has 192 valence electrons. The number of nitrogens with zero attached hydrogens (tertiary/aromatic N) is 8. The van der Waals surface area contributed by atoms with Crippen LogP contribution in [0.2, 0.25) is 0 Å². The van der Waals surface area contributed by atoms with E-state index in [1.54, 1.807) is 35.2 Å². The van der Waals surface area contributed by atoms with Crippen molar-refractivity contribution in [3.63, 3.8) is 0 Å². The zero-order valence-corrected chi connectivity index (χ0v) is 20.4. The second-order valence-electron chi connectivity index (χ2n) is 9.94. The summed E-state index contributed by atoms with van der Waals surface area (Å²) in [5, 5.41) is 12.1. The Morgan fingerprint density at radius 3 is 2.68 bits per heavy atom. The molecular formula is C26H25FN10O. The SMILES string of the molecule is Nc1cc([C@H]2C[C@H]3CC[C@@H](C2)N3C(=O)c2nnc[nH]2)nc2c(N3C=NC(c4ccccc4F)=CC3)cnn12. The van der Waals surface area contributed by atoms with E-state index >= 15 is 0 Å². The monoisotopic (exact) mass is 512 g/mol. The van der Waals surface area contributed by atoms with Crippen LogP contribution >= 0.6 is 0 Å². The average Bonchev–Trinajstić information content (AvgIpc) is 3.67. The number of amides is 1. The Labute approximate surface area is 216 Å². The molecule has 0 saturated carbocycles. The van der Waals surface area contributed by atoms with E-state index in [1.807, 2.05) is 21.9 Å². The highest BCUT2D eigenvalue weighted by Crippen LogP contribution is 2.43. The molecule has 3 atom stereocenters. The van der Waals surface area contributed by atoms with Crippen molar-refractivity contribution in [1.29, 1.82) is 0 Å². The van der Waals surface area contributed by atoms with Crippen LogP contribution in [0, 0.1) is 5.82 Å². The van der Waals surface area contributed by atoms with E-state index in [-0.39, 0.29) is 35.6 Å². The Kier molecular flexibility index (Phi) is 5.20. The molecule has 6 heterocycles. The lowest BCUT2D eigenvalue weighted by atomic mass is 9.87. The number of nitrogens with two attached hydrogens (primary N) is 1. The third-order valence-corrected chi connectivity index (χ3v) is 7.78. The van der Waals surface area contributed by atoms with Crippen molar-refractivity contribution in [2.75, 3.05) is 17.2 Å². The van der Waals surface area contributed by atoms with Crippen molar-refractivity contribution in [1.82, 2.24) is 34.7 Å². The number of benzene rings is 1. The van der Waals surface area contributed by atoms with E-state index in [0.29, 0.717) is 29.3 Å². The van der Waals surface area contributed by atoms with E-state index in [0.717, 1.165) is 37.1 Å². The van der Waals surface area contributed by atoms with Gasteiger partial charge in [-0.05, 0) is 43.9 Å². The Hall–Kier alpha value is -4.61. The van der Waals surface area contributed by atoms with Gasteiger partial charge in [0, 0.05) is 41.9 Å². The Bertz CT molecular complexity index is 1580. The first-order valence-corrected chi connectivity index (χ1v) is 12.7. The smallest absolute Gasteiger partial charge is 0.292 e. The van der Waals surface area contributed by atoms with Crippen LogP contribution in [0.15, 0.2) is 53.9 Å². The standard InChI is InChI=1S/C26H25FN10O/c27-19-4-2-1-3-18(19)20-7-8-35(14-30-20)22-12-32-37-23(28)11-21(33-25(22)37)15-9-16-5-6-17(10-15)36(16)26(38)24-29-13-31-34-24/h1-4,7,11-17H,5-6,8-10,28H2,(H,29,31,34)/t15-,16+,17-. The third kappa shape index (κ3) is 3.63. The van der Waals surface area contributed by atoms with Crippen molar-refractivity contribution in [2.45, 2.75) is 43.7 Å². The van der Waals surface area contributed by atoms with Crippen LogP contribution in [-0.4, -0.2) is 65.6 Å². The van der Waals surface area contributed by atoms with Gasteiger partial charge in [0.15, 0.2) is 5.65 Å². The molecule has 2 saturated heterocycles. The van der Waals surface area contributed by atoms with Gasteiger partial charge in [-0.3, -0.25) is 4.79 Å². The minimum absolute atomic E-state index is 0.0957. The number of aliphatic imine (C=N–C) groups is 1. The fraction of sp³-hybridized carbons (Fsp3) is 0.308. The van der Waals surface area contributed by atoms with Crippen LogP contribution in [0.5, 0.6) is 0 Å². The van der Waals surface area contributed by atoms with Crippen molar-refractivity contribution < 1.29 is 9.18 Å². The predicted molar refractivity (Wildman–Crippen MR) is 139 cm³/mol. The highest BCUT2D eigenvalue weighted by molar-refractivity contribution is 5.92. The second kappa shape index (κ2) is 8.75. The maximum absolute atomic E-state index is 14.2. The molecule has 12 heteroatoms. The van der Waals surface area contributed by atoms with Gasteiger partial charge in [0.1, 0.15) is 23.6 Å². The number of aromatic amines is 1. The largest absolute Gasteiger partial charge is 0.384 e. The lowest BCUT2D eigenvalue weighted by Gasteiger charge is -2.38. The minimum atomic E-state index is -0.304. The second-order valence-corrected chi connectivity index (χ2v) is 9.94. The summed E-state index contributed by atoms with van der Waals surface area (Å²) in [7, 11) is 0. The molecule has 3 N–H and O–H groups in total. The van der Waals surface area contributed by atoms with Crippen LogP contribution in [0.1, 0.15) is 53.5 Å². The summed E-state index contributed by atoms with van der Waals surface area (Å²) in [6, 6.07) is 8.74. The molecule has 11 nitrogen and oxygen atoms in total. The first kappa shape index (κ1) is 22.6. The number of halogens is 1. The topological polar surface area (TPSA) is 134 Å². The lowest BCUT2D eigenvalue weighted by molar-refractivity contribution is 0.0557. The minimum Gasteiger partial charge on any atom is -0.384 e. The molecule has 3 aromatic heterocycles. The number of nitrogens with one attached hydrogen (secondary N) is 1. The fourth-order valence-corrected chi connectivity index (χ4v) is 6.01. The number of hydrogen-bond donors (Lipinski definition) is 2. The molecule has 0 spiro atoms. The average molecular weight is 513 g/mol. The summed E-state index contributed by atoms with van der Waals surface area (Å²) in [5.41, 5.74) is 9.78. The summed E-state index contributed by atoms with van der Waals surface area (Å²) in [6.45, 7) is 0.493. The highest BCUT2D eigenvalue weighted by atomic mass is 19.1. The molecular weight excluding hydrogens is 487 g/mol. The van der Waals surface area contributed by atoms with Gasteiger partial charge in [0.05, 0.1) is 18.2 Å². The van der Waals surface area contributed by atoms with Crippen LogP contribution in [0.4, 0.5) is 15.9 Å². The van der Waals surface area contributed by atoms with Crippen molar-refractivity contribution in [3.8, 4) is 0 Å². The number of carbonyl (C=O) groups excluding carboxylic acids is 1. The van der Waals surface area contributed by atoms with Gasteiger partial charge in [-0.2, -0.15) is 9.61 Å². The summed E-state index contributed by atoms with van der Waals surface area (Å²) in [4.78, 5) is 29.2. The predicted octanol–water partition coefficient (Wildman–Crippen LogP) is 3.01. The molecule has 0 radical (unpaired) electrons. The molecule has 38 heavy (non-hydrogen) atoms. The maximum Gasteiger partial charge on any atom is 0.292 e. The molecule has 3 aliphatic rings. The van der Waals surface area contributed by atoms with E-state index in [9.17, 15) is 9.18 Å². The molecule has 4 aromatic rings. The summed E-state index contributed by atoms with van der Waals surface area (Å²) < 4.78 is 15.8. The first-order valence-electron chi connectivity index (χ1n) is 12.7. The van der Waals surface area contributed by atoms with Gasteiger partial charge >= 0.3 is 0 Å². The number of anilines is 2. The quantitative estimate of drug-likeness (QED) is 0.429.